The lowest BCUT2D eigenvalue weighted by Gasteiger charge is -2.38. The van der Waals surface area contributed by atoms with Crippen molar-refractivity contribution in [3.05, 3.63) is 47.5 Å². The van der Waals surface area contributed by atoms with Gasteiger partial charge in [0.05, 0.1) is 5.41 Å². The van der Waals surface area contributed by atoms with Crippen molar-refractivity contribution in [1.82, 2.24) is 5.32 Å². The zero-order valence-electron chi connectivity index (χ0n) is 12.0. The Balaban J connectivity index is 1.97. The summed E-state index contributed by atoms with van der Waals surface area (Å²) in [7, 11) is 0. The van der Waals surface area contributed by atoms with Gasteiger partial charge in [-0.1, -0.05) is 36.4 Å². The van der Waals surface area contributed by atoms with Gasteiger partial charge in [0, 0.05) is 0 Å². The van der Waals surface area contributed by atoms with Crippen LogP contribution in [-0.2, 0) is 10.2 Å². The summed E-state index contributed by atoms with van der Waals surface area (Å²) in [4.78, 5) is 13.2. The molecule has 0 aromatic heterocycles. The molecule has 1 heterocycles. The molecule has 106 valence electrons. The van der Waals surface area contributed by atoms with Crippen molar-refractivity contribution in [1.29, 1.82) is 0 Å². The van der Waals surface area contributed by atoms with Crippen LogP contribution in [0.4, 0.5) is 0 Å². The lowest BCUT2D eigenvalue weighted by Crippen LogP contribution is -2.46. The Bertz CT molecular complexity index is 497. The molecular weight excluding hydrogens is 246 g/mol. The summed E-state index contributed by atoms with van der Waals surface area (Å²) >= 11 is 0. The molecule has 1 aromatic carbocycles. The first-order valence-corrected chi connectivity index (χ1v) is 7.83. The maximum Gasteiger partial charge on any atom is 0.169 e. The number of benzene rings is 1. The van der Waals surface area contributed by atoms with Crippen LogP contribution >= 0.6 is 0 Å². The average molecular weight is 269 g/mol. The molecule has 0 spiro atoms. The van der Waals surface area contributed by atoms with Crippen LogP contribution in [0.2, 0.25) is 0 Å². The fourth-order valence-corrected chi connectivity index (χ4v) is 3.61. The maximum atomic E-state index is 13.2. The van der Waals surface area contributed by atoms with Crippen LogP contribution in [0.3, 0.4) is 0 Å². The van der Waals surface area contributed by atoms with E-state index in [9.17, 15) is 4.79 Å². The van der Waals surface area contributed by atoms with Crippen LogP contribution in [0.15, 0.2) is 42.0 Å². The quantitative estimate of drug-likeness (QED) is 0.911. The molecule has 2 heteroatoms. The minimum Gasteiger partial charge on any atom is -0.317 e. The van der Waals surface area contributed by atoms with E-state index in [-0.39, 0.29) is 5.41 Å². The SMILES string of the molecule is O=C(C1=CCCCC1)C1(c2ccccc2)CCNCC1. The van der Waals surface area contributed by atoms with E-state index in [1.165, 1.54) is 18.4 Å². The summed E-state index contributed by atoms with van der Waals surface area (Å²) in [6.07, 6.45) is 8.49. The molecule has 1 aliphatic heterocycles. The smallest absolute Gasteiger partial charge is 0.169 e. The van der Waals surface area contributed by atoms with E-state index in [2.05, 4.69) is 35.7 Å². The summed E-state index contributed by atoms with van der Waals surface area (Å²) in [5.74, 6) is 0.393. The first-order chi connectivity index (χ1) is 9.83. The number of hydrogen-bond acceptors (Lipinski definition) is 2. The van der Waals surface area contributed by atoms with E-state index in [1.807, 2.05) is 6.07 Å². The van der Waals surface area contributed by atoms with Gasteiger partial charge in [-0.3, -0.25) is 4.79 Å². The number of carbonyl (C=O) groups excluding carboxylic acids is 1. The van der Waals surface area contributed by atoms with Crippen LogP contribution in [-0.4, -0.2) is 18.9 Å². The molecule has 1 saturated heterocycles. The van der Waals surface area contributed by atoms with Gasteiger partial charge in [0.25, 0.3) is 0 Å². The lowest BCUT2D eigenvalue weighted by molar-refractivity contribution is -0.122. The molecule has 1 N–H and O–H groups in total. The number of hydrogen-bond donors (Lipinski definition) is 1. The molecular formula is C18H23NO. The van der Waals surface area contributed by atoms with Crippen LogP contribution < -0.4 is 5.32 Å². The minimum atomic E-state index is -0.282. The Hall–Kier alpha value is -1.41. The third kappa shape index (κ3) is 2.45. The number of allylic oxidation sites excluding steroid dienone is 2. The van der Waals surface area contributed by atoms with Gasteiger partial charge < -0.3 is 5.32 Å². The Kier molecular flexibility index (Phi) is 4.02. The van der Waals surface area contributed by atoms with Crippen molar-refractivity contribution in [3.8, 4) is 0 Å². The maximum absolute atomic E-state index is 13.2. The number of Topliss-reactive ketones (excluding diaryl/α,β-unsaturated/α-hetero) is 1. The summed E-state index contributed by atoms with van der Waals surface area (Å²) < 4.78 is 0. The van der Waals surface area contributed by atoms with E-state index < -0.39 is 0 Å². The second-order valence-corrected chi connectivity index (χ2v) is 6.00. The highest BCUT2D eigenvalue weighted by Crippen LogP contribution is 2.38. The Morgan fingerprint density at radius 2 is 1.80 bits per heavy atom. The second-order valence-electron chi connectivity index (χ2n) is 6.00. The first kappa shape index (κ1) is 13.6. The van der Waals surface area contributed by atoms with Crippen LogP contribution in [0.5, 0.6) is 0 Å². The van der Waals surface area contributed by atoms with Gasteiger partial charge in [-0.05, 0) is 62.8 Å². The minimum absolute atomic E-state index is 0.282. The summed E-state index contributed by atoms with van der Waals surface area (Å²) in [6.45, 7) is 1.88. The highest BCUT2D eigenvalue weighted by molar-refractivity contribution is 6.03. The number of ketones is 1. The molecule has 0 bridgehead atoms. The number of nitrogens with one attached hydrogen (secondary N) is 1. The van der Waals surface area contributed by atoms with Crippen LogP contribution in [0.25, 0.3) is 0 Å². The molecule has 0 amide bonds. The van der Waals surface area contributed by atoms with E-state index in [1.54, 1.807) is 0 Å². The predicted octanol–water partition coefficient (Wildman–Crippen LogP) is 3.38. The molecule has 0 atom stereocenters. The highest BCUT2D eigenvalue weighted by atomic mass is 16.1. The summed E-state index contributed by atoms with van der Waals surface area (Å²) in [5.41, 5.74) is 2.01. The van der Waals surface area contributed by atoms with Crippen molar-refractivity contribution in [2.45, 2.75) is 43.9 Å². The molecule has 3 rings (SSSR count). The number of carbonyl (C=O) groups is 1. The van der Waals surface area contributed by atoms with E-state index in [0.717, 1.165) is 44.3 Å². The van der Waals surface area contributed by atoms with Crippen molar-refractivity contribution in [2.75, 3.05) is 13.1 Å². The summed E-state index contributed by atoms with van der Waals surface area (Å²) in [5, 5.41) is 3.40. The van der Waals surface area contributed by atoms with Crippen molar-refractivity contribution < 1.29 is 4.79 Å². The van der Waals surface area contributed by atoms with Crippen molar-refractivity contribution in [2.24, 2.45) is 0 Å². The lowest BCUT2D eigenvalue weighted by atomic mass is 9.67. The predicted molar refractivity (Wildman–Crippen MR) is 81.8 cm³/mol. The Morgan fingerprint density at radius 3 is 2.45 bits per heavy atom. The fourth-order valence-electron chi connectivity index (χ4n) is 3.61. The molecule has 2 nitrogen and oxygen atoms in total. The Morgan fingerprint density at radius 1 is 1.05 bits per heavy atom. The van der Waals surface area contributed by atoms with Gasteiger partial charge in [-0.15, -0.1) is 0 Å². The van der Waals surface area contributed by atoms with Crippen LogP contribution in [0, 0.1) is 0 Å². The van der Waals surface area contributed by atoms with Gasteiger partial charge >= 0.3 is 0 Å². The molecule has 1 aliphatic carbocycles. The third-order valence-corrected chi connectivity index (χ3v) is 4.80. The van der Waals surface area contributed by atoms with Crippen LogP contribution in [0.1, 0.15) is 44.1 Å². The van der Waals surface area contributed by atoms with Gasteiger partial charge in [0.2, 0.25) is 0 Å². The number of rotatable bonds is 3. The monoisotopic (exact) mass is 269 g/mol. The van der Waals surface area contributed by atoms with E-state index in [0.29, 0.717) is 5.78 Å². The molecule has 1 fully saturated rings. The zero-order chi connectivity index (χ0) is 13.8. The molecule has 0 radical (unpaired) electrons. The van der Waals surface area contributed by atoms with Crippen molar-refractivity contribution in [3.63, 3.8) is 0 Å². The fraction of sp³-hybridized carbons (Fsp3) is 0.500. The second kappa shape index (κ2) is 5.92. The van der Waals surface area contributed by atoms with Gasteiger partial charge in [0.15, 0.2) is 5.78 Å². The standard InChI is InChI=1S/C18H23NO/c20-17(15-7-3-1-4-8-15)18(11-13-19-14-12-18)16-9-5-2-6-10-16/h2,5-7,9-10,19H,1,3-4,8,11-14H2. The van der Waals surface area contributed by atoms with Gasteiger partial charge in [-0.2, -0.15) is 0 Å². The molecule has 1 aromatic rings. The average Bonchev–Trinajstić information content (AvgIpc) is 2.56. The largest absolute Gasteiger partial charge is 0.317 e. The summed E-state index contributed by atoms with van der Waals surface area (Å²) in [6, 6.07) is 10.4. The third-order valence-electron chi connectivity index (χ3n) is 4.80. The molecule has 0 unspecified atom stereocenters. The number of piperidine rings is 1. The Labute approximate surface area is 121 Å². The zero-order valence-corrected chi connectivity index (χ0v) is 12.0. The van der Waals surface area contributed by atoms with Gasteiger partial charge in [0.1, 0.15) is 0 Å². The normalized spacial score (nSPS) is 22.1. The molecule has 2 aliphatic rings. The molecule has 20 heavy (non-hydrogen) atoms. The van der Waals surface area contributed by atoms with E-state index >= 15 is 0 Å². The topological polar surface area (TPSA) is 29.1 Å². The van der Waals surface area contributed by atoms with E-state index in [4.69, 9.17) is 0 Å². The highest BCUT2D eigenvalue weighted by Gasteiger charge is 2.41. The molecule has 0 saturated carbocycles. The van der Waals surface area contributed by atoms with Crippen molar-refractivity contribution >= 4 is 5.78 Å². The first-order valence-electron chi connectivity index (χ1n) is 7.83. The van der Waals surface area contributed by atoms with Gasteiger partial charge in [-0.25, -0.2) is 0 Å².